The van der Waals surface area contributed by atoms with Gasteiger partial charge in [0.2, 0.25) is 0 Å². The zero-order valence-electron chi connectivity index (χ0n) is 12.9. The Labute approximate surface area is 162 Å². The number of hydrogen-bond acceptors (Lipinski definition) is 11. The molecule has 2 saturated heterocycles. The number of aliphatic hydroxyl groups excluding tert-OH is 7. The molecule has 2 rings (SSSR count). The second-order valence-corrected chi connectivity index (χ2v) is 7.26. The van der Waals surface area contributed by atoms with Gasteiger partial charge in [-0.25, -0.2) is 4.29 Å². The molecule has 0 aliphatic carbocycles. The van der Waals surface area contributed by atoms with Crippen LogP contribution in [0.5, 0.6) is 0 Å². The van der Waals surface area contributed by atoms with Gasteiger partial charge in [-0.15, -0.1) is 0 Å². The van der Waals surface area contributed by atoms with Gasteiger partial charge in [0.15, 0.2) is 6.29 Å². The lowest BCUT2D eigenvalue weighted by molar-refractivity contribution is -0.391. The third kappa shape index (κ3) is 3.67. The monoisotopic (exact) mass is 444 g/mol. The third-order valence-corrected chi connectivity index (χ3v) is 5.31. The molecule has 0 unspecified atom stereocenters. The van der Waals surface area contributed by atoms with Crippen LogP contribution in [0.1, 0.15) is 0 Å². The van der Waals surface area contributed by atoms with Gasteiger partial charge < -0.3 is 50.0 Å². The zero-order valence-corrected chi connectivity index (χ0v) is 15.2. The summed E-state index contributed by atoms with van der Waals surface area (Å²) in [6, 6.07) is 0. The predicted molar refractivity (Wildman–Crippen MR) is 82.9 cm³/mol. The van der Waals surface area contributed by atoms with Gasteiger partial charge in [-0.2, -0.15) is 0 Å². The maximum Gasteiger partial charge on any atom is 0.292 e. The fourth-order valence-corrected chi connectivity index (χ4v) is 3.24. The largest absolute Gasteiger partial charge is 0.394 e. The molecule has 0 bridgehead atoms. The molecular formula is C12H19Cl3O11. The van der Waals surface area contributed by atoms with E-state index in [-0.39, 0.29) is 0 Å². The van der Waals surface area contributed by atoms with Crippen LogP contribution >= 0.6 is 35.1 Å². The molecule has 0 aromatic heterocycles. The van der Waals surface area contributed by atoms with Crippen molar-refractivity contribution in [1.29, 1.82) is 0 Å². The molecule has 14 heteroatoms. The van der Waals surface area contributed by atoms with E-state index >= 15 is 0 Å². The van der Waals surface area contributed by atoms with Gasteiger partial charge in [-0.3, -0.25) is 0 Å². The summed E-state index contributed by atoms with van der Waals surface area (Å²) in [5, 5.41) is 68.4. The Bertz CT molecular complexity index is 483. The topological polar surface area (TPSA) is 179 Å². The van der Waals surface area contributed by atoms with E-state index in [9.17, 15) is 35.7 Å². The molecule has 2 fully saturated rings. The van der Waals surface area contributed by atoms with E-state index in [1.165, 1.54) is 0 Å². The number of hydrogen-bond donors (Lipinski definition) is 7. The summed E-state index contributed by atoms with van der Waals surface area (Å²) >= 11 is 17.0. The number of rotatable bonds is 6. The van der Waals surface area contributed by atoms with E-state index in [2.05, 4.69) is 4.29 Å². The van der Waals surface area contributed by atoms with Crippen molar-refractivity contribution in [1.82, 2.24) is 0 Å². The highest BCUT2D eigenvalue weighted by Crippen LogP contribution is 2.49. The minimum atomic E-state index is -2.70. The smallest absolute Gasteiger partial charge is 0.292 e. The van der Waals surface area contributed by atoms with Gasteiger partial charge >= 0.3 is 0 Å². The Morgan fingerprint density at radius 2 is 1.46 bits per heavy atom. The molecule has 11 nitrogen and oxygen atoms in total. The summed E-state index contributed by atoms with van der Waals surface area (Å²) in [7, 11) is 0. The molecule has 0 amide bonds. The van der Waals surface area contributed by atoms with E-state index in [1.54, 1.807) is 0 Å². The quantitative estimate of drug-likeness (QED) is 0.206. The number of alkyl halides is 2. The average Bonchev–Trinajstić information content (AvgIpc) is 2.88. The fourth-order valence-electron chi connectivity index (χ4n) is 2.74. The van der Waals surface area contributed by atoms with Crippen LogP contribution in [0.2, 0.25) is 0 Å². The molecule has 0 spiro atoms. The Kier molecular flexibility index (Phi) is 7.37. The third-order valence-electron chi connectivity index (χ3n) is 4.24. The minimum Gasteiger partial charge on any atom is -0.394 e. The van der Waals surface area contributed by atoms with Crippen LogP contribution in [0.15, 0.2) is 0 Å². The highest BCUT2D eigenvalue weighted by atomic mass is 35.5. The van der Waals surface area contributed by atoms with E-state index < -0.39 is 72.5 Å². The number of halogens is 3. The molecule has 154 valence electrons. The first-order chi connectivity index (χ1) is 12.1. The fraction of sp³-hybridized carbons (Fsp3) is 1.00. The molecule has 2 heterocycles. The summed E-state index contributed by atoms with van der Waals surface area (Å²) < 4.78 is 17.3. The van der Waals surface area contributed by atoms with Crippen LogP contribution < -0.4 is 0 Å². The van der Waals surface area contributed by atoms with Crippen molar-refractivity contribution in [2.75, 3.05) is 13.2 Å². The van der Waals surface area contributed by atoms with Crippen molar-refractivity contribution in [3.63, 3.8) is 0 Å². The lowest BCUT2D eigenvalue weighted by Crippen LogP contribution is -2.65. The summed E-state index contributed by atoms with van der Waals surface area (Å²) in [6.45, 7) is -1.55. The Morgan fingerprint density at radius 1 is 0.885 bits per heavy atom. The van der Waals surface area contributed by atoms with Crippen molar-refractivity contribution >= 4 is 35.1 Å². The van der Waals surface area contributed by atoms with Gasteiger partial charge in [0.1, 0.15) is 42.7 Å². The highest BCUT2D eigenvalue weighted by molar-refractivity contribution is 6.49. The van der Waals surface area contributed by atoms with Crippen molar-refractivity contribution in [3.8, 4) is 0 Å². The van der Waals surface area contributed by atoms with E-state index in [0.717, 1.165) is 0 Å². The van der Waals surface area contributed by atoms with Crippen molar-refractivity contribution in [3.05, 3.63) is 0 Å². The second kappa shape index (κ2) is 8.43. The van der Waals surface area contributed by atoms with Crippen molar-refractivity contribution < 1.29 is 54.2 Å². The Morgan fingerprint density at radius 3 is 1.92 bits per heavy atom. The second-order valence-electron chi connectivity index (χ2n) is 5.85. The highest BCUT2D eigenvalue weighted by Gasteiger charge is 2.69. The first-order valence-electron chi connectivity index (χ1n) is 7.37. The summed E-state index contributed by atoms with van der Waals surface area (Å²) in [4.78, 5) is 0. The first-order valence-corrected chi connectivity index (χ1v) is 8.43. The predicted octanol–water partition coefficient (Wildman–Crippen LogP) is -3.09. The first kappa shape index (κ1) is 22.7. The van der Waals surface area contributed by atoms with Crippen LogP contribution in [-0.4, -0.2) is 108 Å². The maximum atomic E-state index is 10.3. The van der Waals surface area contributed by atoms with Gasteiger partial charge in [0.25, 0.3) is 10.3 Å². The van der Waals surface area contributed by atoms with Gasteiger partial charge in [-0.05, 0) is 0 Å². The molecule has 0 saturated carbocycles. The van der Waals surface area contributed by atoms with E-state index in [4.69, 9.17) is 49.3 Å². The van der Waals surface area contributed by atoms with Crippen LogP contribution in [0.25, 0.3) is 0 Å². The van der Waals surface area contributed by atoms with Crippen LogP contribution in [-0.2, 0) is 18.5 Å². The van der Waals surface area contributed by atoms with Crippen LogP contribution in [0, 0.1) is 0 Å². The summed E-state index contributed by atoms with van der Waals surface area (Å²) in [6.07, 6.45) is -13.9. The van der Waals surface area contributed by atoms with Gasteiger partial charge in [0.05, 0.1) is 25.1 Å². The van der Waals surface area contributed by atoms with Gasteiger partial charge in [-0.1, -0.05) is 23.2 Å². The lowest BCUT2D eigenvalue weighted by atomic mass is 9.99. The van der Waals surface area contributed by atoms with Crippen LogP contribution in [0.3, 0.4) is 0 Å². The normalized spacial score (nSPS) is 47.3. The summed E-state index contributed by atoms with van der Waals surface area (Å²) in [5.41, 5.74) is 0. The average molecular weight is 446 g/mol. The van der Waals surface area contributed by atoms with Crippen molar-refractivity contribution in [2.24, 2.45) is 0 Å². The maximum absolute atomic E-state index is 10.3. The molecule has 2 aliphatic rings. The standard InChI is InChI=1S/C12H19Cl3O11/c13-12(14,26-15)11(9(22)6(19)4(2-17)24-11)25-10-8(21)7(20)5(18)3(1-16)23-10/h3-10,16-22H,1-2H2/t3-,4-,5-,6-,7+,8-,9+,10-,11-/m1/s1. The molecule has 0 aromatic rings. The van der Waals surface area contributed by atoms with E-state index in [1.807, 2.05) is 0 Å². The summed E-state index contributed by atoms with van der Waals surface area (Å²) in [5.74, 6) is -2.70. The lowest BCUT2D eigenvalue weighted by Gasteiger charge is -2.45. The Hall–Kier alpha value is 0.430. The molecule has 7 N–H and O–H groups in total. The van der Waals surface area contributed by atoms with E-state index in [0.29, 0.717) is 0 Å². The van der Waals surface area contributed by atoms with Crippen LogP contribution in [0.4, 0.5) is 0 Å². The van der Waals surface area contributed by atoms with Crippen molar-refractivity contribution in [2.45, 2.75) is 59.3 Å². The minimum absolute atomic E-state index is 0.762. The Balaban J connectivity index is 2.36. The molecule has 26 heavy (non-hydrogen) atoms. The molecular weight excluding hydrogens is 426 g/mol. The number of ether oxygens (including phenoxy) is 3. The zero-order chi connectivity index (χ0) is 19.9. The molecule has 0 aromatic carbocycles. The molecule has 9 atom stereocenters. The molecule has 0 radical (unpaired) electrons. The number of aliphatic hydroxyl groups is 7. The molecule has 2 aliphatic heterocycles. The van der Waals surface area contributed by atoms with Gasteiger partial charge in [0, 0.05) is 0 Å². The SMILES string of the molecule is OC[C@H]1O[C@](O[C@H]2O[C@H](CO)[C@@H](O)[C@H](O)[C@H]2O)(C(Cl)(Cl)OCl)[C@@H](O)[C@@H]1O.